The fourth-order valence-electron chi connectivity index (χ4n) is 3.90. The average molecular weight is 524 g/mol. The molecule has 0 aliphatic carbocycles. The van der Waals surface area contributed by atoms with Gasteiger partial charge in [-0.1, -0.05) is 56.0 Å². The summed E-state index contributed by atoms with van der Waals surface area (Å²) in [6, 6.07) is 5.43. The van der Waals surface area contributed by atoms with Crippen molar-refractivity contribution in [1.82, 2.24) is 9.88 Å². The van der Waals surface area contributed by atoms with Gasteiger partial charge < -0.3 is 15.3 Å². The maximum absolute atomic E-state index is 13.5. The quantitative estimate of drug-likeness (QED) is 0.243. The van der Waals surface area contributed by atoms with Crippen molar-refractivity contribution in [2.24, 2.45) is 0 Å². The van der Waals surface area contributed by atoms with E-state index >= 15 is 0 Å². The maximum Gasteiger partial charge on any atom is 0.319 e. The Hall–Kier alpha value is -1.77. The predicted octanol–water partition coefficient (Wildman–Crippen LogP) is 6.13. The minimum Gasteiger partial charge on any atom is -0.480 e. The molecule has 9 heteroatoms. The molecule has 0 spiro atoms. The first kappa shape index (κ1) is 26.8. The number of amides is 1. The van der Waals surface area contributed by atoms with E-state index in [-0.39, 0.29) is 11.9 Å². The molecule has 1 aromatic carbocycles. The lowest BCUT2D eigenvalue weighted by molar-refractivity contribution is -0.139. The molecule has 0 fully saturated rings. The third-order valence-corrected chi connectivity index (χ3v) is 8.40. The average Bonchev–Trinajstić information content (AvgIpc) is 3.41. The Balaban J connectivity index is 1.62. The van der Waals surface area contributed by atoms with Gasteiger partial charge >= 0.3 is 5.97 Å². The Morgan fingerprint density at radius 1 is 1.26 bits per heavy atom. The number of fused-ring (bicyclic) bond motifs is 1. The second-order valence-corrected chi connectivity index (χ2v) is 12.4. The number of thioether (sulfide) groups is 1. The van der Waals surface area contributed by atoms with Gasteiger partial charge in [0.2, 0.25) is 5.91 Å². The highest BCUT2D eigenvalue weighted by atomic mass is 35.5. The number of aromatic nitrogens is 1. The first-order chi connectivity index (χ1) is 16.2. The van der Waals surface area contributed by atoms with Crippen molar-refractivity contribution in [1.29, 1.82) is 0 Å². The summed E-state index contributed by atoms with van der Waals surface area (Å²) in [6.45, 7) is 6.89. The van der Waals surface area contributed by atoms with Crippen LogP contribution in [0.2, 0.25) is 5.02 Å². The molecule has 0 saturated heterocycles. The van der Waals surface area contributed by atoms with Gasteiger partial charge in [-0.05, 0) is 44.0 Å². The molecule has 34 heavy (non-hydrogen) atoms. The number of hydrogen-bond donors (Lipinski definition) is 2. The Morgan fingerprint density at radius 3 is 2.76 bits per heavy atom. The largest absolute Gasteiger partial charge is 0.480 e. The van der Waals surface area contributed by atoms with E-state index in [1.54, 1.807) is 13.8 Å². The number of aliphatic carboxylic acids is 1. The fraction of sp³-hybridized carbons (Fsp3) is 0.560. The zero-order chi connectivity index (χ0) is 24.7. The lowest BCUT2D eigenvalue weighted by Gasteiger charge is -2.26. The highest BCUT2D eigenvalue weighted by Crippen LogP contribution is 2.35. The highest BCUT2D eigenvalue weighted by Gasteiger charge is 2.31. The number of hydrogen-bond acceptors (Lipinski definition) is 6. The van der Waals surface area contributed by atoms with E-state index in [0.717, 1.165) is 40.7 Å². The van der Waals surface area contributed by atoms with Gasteiger partial charge in [0.1, 0.15) is 10.8 Å². The van der Waals surface area contributed by atoms with E-state index in [1.165, 1.54) is 42.4 Å². The summed E-state index contributed by atoms with van der Waals surface area (Å²) in [4.78, 5) is 31.4. The summed E-state index contributed by atoms with van der Waals surface area (Å²) in [6.07, 6.45) is 7.00. The molecular formula is C25H34ClN3O3S2. The fourth-order valence-corrected chi connectivity index (χ4v) is 6.32. The standard InChI is InChI=1S/C25H34ClN3O3S2/c1-4-5-6-7-8-12-29(22(30)21-15-17-14-18(26)9-10-20(17)28-21)13-11-19-16-33-24(27-19)34-25(2,3)23(31)32/h9-10,14,16,21,28H,4-8,11-13,15H2,1-3H3,(H,31,32). The number of unbranched alkanes of at least 4 members (excludes halogenated alkanes) is 4. The maximum atomic E-state index is 13.5. The molecule has 2 aromatic rings. The van der Waals surface area contributed by atoms with E-state index in [0.29, 0.717) is 24.4 Å². The summed E-state index contributed by atoms with van der Waals surface area (Å²) >= 11 is 8.85. The van der Waals surface area contributed by atoms with Crippen LogP contribution in [0, 0.1) is 0 Å². The zero-order valence-corrected chi connectivity index (χ0v) is 22.5. The Labute approximate surface area is 215 Å². The van der Waals surface area contributed by atoms with Crippen LogP contribution in [-0.2, 0) is 22.4 Å². The monoisotopic (exact) mass is 523 g/mol. The van der Waals surface area contributed by atoms with E-state index in [9.17, 15) is 14.7 Å². The Morgan fingerprint density at radius 2 is 2.03 bits per heavy atom. The molecule has 186 valence electrons. The van der Waals surface area contributed by atoms with Crippen LogP contribution >= 0.6 is 34.7 Å². The number of thiazole rings is 1. The zero-order valence-electron chi connectivity index (χ0n) is 20.1. The van der Waals surface area contributed by atoms with Crippen molar-refractivity contribution in [3.05, 3.63) is 39.9 Å². The summed E-state index contributed by atoms with van der Waals surface area (Å²) in [7, 11) is 0. The van der Waals surface area contributed by atoms with Crippen LogP contribution < -0.4 is 5.32 Å². The van der Waals surface area contributed by atoms with Gasteiger partial charge in [0, 0.05) is 42.0 Å². The Bertz CT molecular complexity index is 996. The molecule has 0 bridgehead atoms. The number of carbonyl (C=O) groups is 2. The number of carbonyl (C=O) groups excluding carboxylic acids is 1. The molecule has 2 N–H and O–H groups in total. The smallest absolute Gasteiger partial charge is 0.319 e. The van der Waals surface area contributed by atoms with Crippen molar-refractivity contribution >= 4 is 52.3 Å². The molecule has 0 saturated carbocycles. The molecule has 0 radical (unpaired) electrons. The molecule has 1 aliphatic rings. The second-order valence-electron chi connectivity index (χ2n) is 9.21. The third-order valence-electron chi connectivity index (χ3n) is 5.99. The number of rotatable bonds is 13. The number of benzene rings is 1. The normalized spacial score (nSPS) is 15.1. The molecule has 3 rings (SSSR count). The molecule has 1 unspecified atom stereocenters. The van der Waals surface area contributed by atoms with Crippen molar-refractivity contribution in [2.75, 3.05) is 18.4 Å². The number of nitrogens with zero attached hydrogens (tertiary/aromatic N) is 2. The predicted molar refractivity (Wildman–Crippen MR) is 141 cm³/mol. The number of halogens is 1. The Kier molecular flexibility index (Phi) is 9.68. The topological polar surface area (TPSA) is 82.5 Å². The molecule has 1 amide bonds. The minimum atomic E-state index is -0.929. The van der Waals surface area contributed by atoms with Crippen LogP contribution in [0.3, 0.4) is 0 Å². The van der Waals surface area contributed by atoms with Crippen molar-refractivity contribution in [3.8, 4) is 0 Å². The van der Waals surface area contributed by atoms with Gasteiger partial charge in [0.05, 0.1) is 5.69 Å². The molecule has 1 aliphatic heterocycles. The van der Waals surface area contributed by atoms with Crippen LogP contribution in [0.4, 0.5) is 5.69 Å². The van der Waals surface area contributed by atoms with Crippen LogP contribution in [0.1, 0.15) is 64.1 Å². The van der Waals surface area contributed by atoms with Crippen molar-refractivity contribution < 1.29 is 14.7 Å². The summed E-state index contributed by atoms with van der Waals surface area (Å²) < 4.78 is -0.189. The van der Waals surface area contributed by atoms with Gasteiger partial charge in [0.25, 0.3) is 0 Å². The number of anilines is 1. The van der Waals surface area contributed by atoms with Gasteiger partial charge in [-0.2, -0.15) is 0 Å². The first-order valence-electron chi connectivity index (χ1n) is 11.9. The second kappa shape index (κ2) is 12.3. The number of nitrogens with one attached hydrogen (secondary N) is 1. The highest BCUT2D eigenvalue weighted by molar-refractivity contribution is 8.03. The third kappa shape index (κ3) is 7.36. The van der Waals surface area contributed by atoms with Gasteiger partial charge in [-0.15, -0.1) is 11.3 Å². The van der Waals surface area contributed by atoms with Crippen LogP contribution in [0.15, 0.2) is 27.9 Å². The van der Waals surface area contributed by atoms with Crippen LogP contribution in [0.25, 0.3) is 0 Å². The van der Waals surface area contributed by atoms with E-state index in [2.05, 4.69) is 17.2 Å². The van der Waals surface area contributed by atoms with Gasteiger partial charge in [-0.3, -0.25) is 9.59 Å². The van der Waals surface area contributed by atoms with E-state index < -0.39 is 10.7 Å². The molecule has 6 nitrogen and oxygen atoms in total. The SMILES string of the molecule is CCCCCCCN(CCc1csc(SC(C)(C)C(=O)O)n1)C(=O)C1Cc2cc(Cl)ccc2N1. The summed E-state index contributed by atoms with van der Waals surface area (Å²) in [5, 5.41) is 15.4. The van der Waals surface area contributed by atoms with Crippen molar-refractivity contribution in [2.45, 2.75) is 80.8 Å². The minimum absolute atomic E-state index is 0.111. The number of carboxylic acids is 1. The molecule has 1 atom stereocenters. The van der Waals surface area contributed by atoms with Crippen molar-refractivity contribution in [3.63, 3.8) is 0 Å². The summed E-state index contributed by atoms with van der Waals surface area (Å²) in [5.41, 5.74) is 2.95. The van der Waals surface area contributed by atoms with Gasteiger partial charge in [-0.25, -0.2) is 4.98 Å². The van der Waals surface area contributed by atoms with Gasteiger partial charge in [0.15, 0.2) is 4.34 Å². The number of carboxylic acid groups (broad SMARTS) is 1. The first-order valence-corrected chi connectivity index (χ1v) is 14.0. The molecule has 2 heterocycles. The van der Waals surface area contributed by atoms with Crippen LogP contribution in [-0.4, -0.2) is 50.7 Å². The van der Waals surface area contributed by atoms with Crippen LogP contribution in [0.5, 0.6) is 0 Å². The molecular weight excluding hydrogens is 490 g/mol. The lowest BCUT2D eigenvalue weighted by atomic mass is 10.1. The summed E-state index contributed by atoms with van der Waals surface area (Å²) in [5.74, 6) is -0.750. The lowest BCUT2D eigenvalue weighted by Crippen LogP contribution is -2.43. The van der Waals surface area contributed by atoms with E-state index in [1.807, 2.05) is 28.5 Å². The van der Waals surface area contributed by atoms with E-state index in [4.69, 9.17) is 11.6 Å². The molecule has 1 aromatic heterocycles.